The van der Waals surface area contributed by atoms with E-state index in [2.05, 4.69) is 118 Å². The molecule has 5 nitrogen and oxygen atoms in total. The Morgan fingerprint density at radius 3 is 2.40 bits per heavy atom. The zero-order valence-corrected chi connectivity index (χ0v) is 28.6. The number of hydrogen-bond donors (Lipinski definition) is 0. The van der Waals surface area contributed by atoms with Crippen molar-refractivity contribution in [3.05, 3.63) is 119 Å². The Balaban J connectivity index is 1.25. The molecule has 2 aliphatic rings. The second-order valence-electron chi connectivity index (χ2n) is 14.0. The number of aliphatic imine (C=N–C) groups is 1. The van der Waals surface area contributed by atoms with Gasteiger partial charge in [0.1, 0.15) is 23.8 Å². The van der Waals surface area contributed by atoms with E-state index in [-0.39, 0.29) is 11.5 Å². The van der Waals surface area contributed by atoms with Crippen molar-refractivity contribution in [2.75, 3.05) is 6.61 Å². The van der Waals surface area contributed by atoms with E-state index in [0.717, 1.165) is 63.3 Å². The number of fused-ring (bicyclic) bond motifs is 5. The highest BCUT2D eigenvalue weighted by molar-refractivity contribution is 6.10. The van der Waals surface area contributed by atoms with E-state index < -0.39 is 0 Å². The van der Waals surface area contributed by atoms with Crippen molar-refractivity contribution >= 4 is 27.8 Å². The van der Waals surface area contributed by atoms with Crippen molar-refractivity contribution in [1.82, 2.24) is 9.55 Å². The standard InChI is InChI=1S/C43H43N3O2/c1-6-13-29(14-7-2)37-26-47-42(45-37)31-22-30(28-15-9-8-10-16-28)23-32(24-31)48-39-25-38-36(21-27(39)3)43(4,5)35-19-11-17-33-34-18-12-20-44-41(34)46(38)40(33)35/h8-12,15-25,29,37H,6-7,13-14,26H2,1-5H3/t37-/m0/s1. The Kier molecular flexibility index (Phi) is 7.59. The molecule has 0 spiro atoms. The van der Waals surface area contributed by atoms with Gasteiger partial charge in [-0.05, 0) is 89.9 Å². The van der Waals surface area contributed by atoms with Gasteiger partial charge in [0.15, 0.2) is 0 Å². The lowest BCUT2D eigenvalue weighted by atomic mass is 9.74. The van der Waals surface area contributed by atoms with Gasteiger partial charge in [0.05, 0.1) is 17.2 Å². The molecule has 0 aliphatic carbocycles. The number of rotatable bonds is 9. The average Bonchev–Trinajstić information content (AvgIpc) is 3.73. The van der Waals surface area contributed by atoms with Crippen molar-refractivity contribution in [2.45, 2.75) is 71.8 Å². The predicted molar refractivity (Wildman–Crippen MR) is 197 cm³/mol. The maximum atomic E-state index is 6.89. The molecule has 0 bridgehead atoms. The first-order valence-corrected chi connectivity index (χ1v) is 17.5. The smallest absolute Gasteiger partial charge is 0.216 e. The molecule has 6 aromatic rings. The average molecular weight is 634 g/mol. The molecule has 8 rings (SSSR count). The highest BCUT2D eigenvalue weighted by atomic mass is 16.5. The summed E-state index contributed by atoms with van der Waals surface area (Å²) in [5.74, 6) is 2.85. The number of hydrogen-bond acceptors (Lipinski definition) is 4. The van der Waals surface area contributed by atoms with Crippen LogP contribution in [0.15, 0.2) is 102 Å². The van der Waals surface area contributed by atoms with Crippen LogP contribution >= 0.6 is 0 Å². The van der Waals surface area contributed by atoms with Gasteiger partial charge in [0, 0.05) is 34.0 Å². The van der Waals surface area contributed by atoms with Gasteiger partial charge >= 0.3 is 0 Å². The minimum absolute atomic E-state index is 0.190. The van der Waals surface area contributed by atoms with E-state index in [4.69, 9.17) is 19.5 Å². The molecule has 0 saturated heterocycles. The first-order chi connectivity index (χ1) is 23.4. The van der Waals surface area contributed by atoms with Gasteiger partial charge in [0.2, 0.25) is 5.90 Å². The molecule has 2 aromatic heterocycles. The predicted octanol–water partition coefficient (Wildman–Crippen LogP) is 10.9. The van der Waals surface area contributed by atoms with Gasteiger partial charge in [-0.2, -0.15) is 0 Å². The lowest BCUT2D eigenvalue weighted by Crippen LogP contribution is -2.26. The number of pyridine rings is 1. The normalized spacial score (nSPS) is 16.3. The topological polar surface area (TPSA) is 48.6 Å². The summed E-state index contributed by atoms with van der Waals surface area (Å²) in [7, 11) is 0. The summed E-state index contributed by atoms with van der Waals surface area (Å²) in [5, 5.41) is 2.39. The van der Waals surface area contributed by atoms with Crippen LogP contribution in [0.3, 0.4) is 0 Å². The van der Waals surface area contributed by atoms with Crippen LogP contribution in [-0.4, -0.2) is 28.1 Å². The molecule has 0 fully saturated rings. The Labute approximate surface area is 283 Å². The number of benzene rings is 4. The first kappa shape index (κ1) is 30.4. The van der Waals surface area contributed by atoms with Gasteiger partial charge < -0.3 is 9.47 Å². The molecular formula is C43H43N3O2. The molecule has 4 heterocycles. The summed E-state index contributed by atoms with van der Waals surface area (Å²) >= 11 is 0. The summed E-state index contributed by atoms with van der Waals surface area (Å²) < 4.78 is 15.5. The van der Waals surface area contributed by atoms with Crippen LogP contribution in [0.2, 0.25) is 0 Å². The van der Waals surface area contributed by atoms with E-state index in [1.165, 1.54) is 34.9 Å². The van der Waals surface area contributed by atoms with Crippen LogP contribution in [0.5, 0.6) is 11.5 Å². The number of para-hydroxylation sites is 1. The largest absolute Gasteiger partial charge is 0.475 e. The molecule has 5 heteroatoms. The van der Waals surface area contributed by atoms with Crippen molar-refractivity contribution in [3.63, 3.8) is 0 Å². The second kappa shape index (κ2) is 12.0. The molecule has 4 aromatic carbocycles. The summed E-state index contributed by atoms with van der Waals surface area (Å²) in [4.78, 5) is 10.0. The molecule has 1 atom stereocenters. The van der Waals surface area contributed by atoms with Crippen LogP contribution < -0.4 is 4.74 Å². The van der Waals surface area contributed by atoms with Gasteiger partial charge in [-0.15, -0.1) is 0 Å². The number of aryl methyl sites for hydroxylation is 1. The summed E-state index contributed by atoms with van der Waals surface area (Å²) in [6.45, 7) is 12.0. The van der Waals surface area contributed by atoms with Crippen LogP contribution in [-0.2, 0) is 10.2 Å². The molecular weight excluding hydrogens is 590 g/mol. The fourth-order valence-corrected chi connectivity index (χ4v) is 8.02. The lowest BCUT2D eigenvalue weighted by Gasteiger charge is -2.35. The quantitative estimate of drug-likeness (QED) is 0.159. The molecule has 0 N–H and O–H groups in total. The minimum atomic E-state index is -0.190. The SMILES string of the molecule is CCCC(CCC)[C@@H]1COC(c2cc(Oc3cc4c(cc3C)C(C)(C)c3cccc5c6cccnc6n-4c35)cc(-c3ccccc3)c2)=N1. The summed E-state index contributed by atoms with van der Waals surface area (Å²) in [6.07, 6.45) is 6.56. The minimum Gasteiger partial charge on any atom is -0.475 e. The highest BCUT2D eigenvalue weighted by Gasteiger charge is 2.36. The van der Waals surface area contributed by atoms with E-state index in [0.29, 0.717) is 18.4 Å². The Hall–Kier alpha value is -4.90. The molecule has 242 valence electrons. The third-order valence-electron chi connectivity index (χ3n) is 10.5. The molecule has 0 amide bonds. The Morgan fingerprint density at radius 2 is 1.60 bits per heavy atom. The van der Waals surface area contributed by atoms with Crippen molar-refractivity contribution in [3.8, 4) is 28.3 Å². The Bertz CT molecular complexity index is 2190. The van der Waals surface area contributed by atoms with E-state index in [1.54, 1.807) is 0 Å². The van der Waals surface area contributed by atoms with Crippen LogP contribution in [0.1, 0.15) is 75.6 Å². The zero-order valence-electron chi connectivity index (χ0n) is 28.6. The highest BCUT2D eigenvalue weighted by Crippen LogP contribution is 2.49. The van der Waals surface area contributed by atoms with Gasteiger partial charge in [-0.25, -0.2) is 9.98 Å². The first-order valence-electron chi connectivity index (χ1n) is 17.5. The second-order valence-corrected chi connectivity index (χ2v) is 14.0. The van der Waals surface area contributed by atoms with E-state index >= 15 is 0 Å². The molecule has 0 unspecified atom stereocenters. The zero-order chi connectivity index (χ0) is 33.0. The van der Waals surface area contributed by atoms with Crippen LogP contribution in [0, 0.1) is 12.8 Å². The fourth-order valence-electron chi connectivity index (χ4n) is 8.02. The monoisotopic (exact) mass is 633 g/mol. The molecule has 2 aliphatic heterocycles. The molecule has 0 radical (unpaired) electrons. The third kappa shape index (κ3) is 4.99. The van der Waals surface area contributed by atoms with E-state index in [9.17, 15) is 0 Å². The van der Waals surface area contributed by atoms with Gasteiger partial charge in [-0.1, -0.05) is 89.1 Å². The van der Waals surface area contributed by atoms with E-state index in [1.807, 2.05) is 18.3 Å². The fraction of sp³-hybridized carbons (Fsp3) is 0.302. The number of nitrogens with zero attached hydrogens (tertiary/aromatic N) is 3. The van der Waals surface area contributed by atoms with Crippen molar-refractivity contribution in [1.29, 1.82) is 0 Å². The molecule has 48 heavy (non-hydrogen) atoms. The van der Waals surface area contributed by atoms with Crippen LogP contribution in [0.25, 0.3) is 38.8 Å². The summed E-state index contributed by atoms with van der Waals surface area (Å²) in [6, 6.07) is 32.5. The maximum Gasteiger partial charge on any atom is 0.216 e. The third-order valence-corrected chi connectivity index (χ3v) is 10.5. The summed E-state index contributed by atoms with van der Waals surface area (Å²) in [5.41, 5.74) is 9.94. The maximum absolute atomic E-state index is 6.89. The van der Waals surface area contributed by atoms with Gasteiger partial charge in [-0.3, -0.25) is 4.57 Å². The molecule has 0 saturated carbocycles. The number of aromatic nitrogens is 2. The van der Waals surface area contributed by atoms with Crippen molar-refractivity contribution < 1.29 is 9.47 Å². The van der Waals surface area contributed by atoms with Crippen molar-refractivity contribution in [2.24, 2.45) is 10.9 Å². The van der Waals surface area contributed by atoms with Gasteiger partial charge in [0.25, 0.3) is 0 Å². The Morgan fingerprint density at radius 1 is 0.833 bits per heavy atom. The van der Waals surface area contributed by atoms with Crippen LogP contribution in [0.4, 0.5) is 0 Å². The lowest BCUT2D eigenvalue weighted by molar-refractivity contribution is 0.261. The number of ether oxygens (including phenoxy) is 2.